The van der Waals surface area contributed by atoms with E-state index in [1.807, 2.05) is 19.1 Å². The van der Waals surface area contributed by atoms with E-state index in [2.05, 4.69) is 0 Å². The normalized spacial score (nSPS) is 11.4. The Morgan fingerprint density at radius 3 is 2.40 bits per heavy atom. The molecule has 1 unspecified atom stereocenters. The molecule has 0 aliphatic carbocycles. The highest BCUT2D eigenvalue weighted by Crippen LogP contribution is 2.30. The third-order valence-corrected chi connectivity index (χ3v) is 2.70. The van der Waals surface area contributed by atoms with E-state index < -0.39 is 6.10 Å². The van der Waals surface area contributed by atoms with Gasteiger partial charge in [0, 0.05) is 5.56 Å². The van der Waals surface area contributed by atoms with Crippen LogP contribution in [-0.4, -0.2) is 11.7 Å². The summed E-state index contributed by atoms with van der Waals surface area (Å²) < 4.78 is 11.1. The lowest BCUT2D eigenvalue weighted by Gasteiger charge is -2.12. The Labute approximate surface area is 117 Å². The summed E-state index contributed by atoms with van der Waals surface area (Å²) in [6, 6.07) is 15.9. The Bertz CT molecular complexity index is 602. The summed E-state index contributed by atoms with van der Waals surface area (Å²) >= 11 is 0. The highest BCUT2D eigenvalue weighted by atomic mass is 16.5. The largest absolute Gasteiger partial charge is 0.494 e. The molecule has 0 aromatic heterocycles. The lowest BCUT2D eigenvalue weighted by molar-refractivity contribution is 0.231. The zero-order valence-electron chi connectivity index (χ0n) is 11.1. The highest BCUT2D eigenvalue weighted by Gasteiger charge is 2.12. The monoisotopic (exact) mass is 269 g/mol. The molecule has 0 saturated heterocycles. The van der Waals surface area contributed by atoms with Gasteiger partial charge in [-0.1, -0.05) is 18.2 Å². The summed E-state index contributed by atoms with van der Waals surface area (Å²) in [5.74, 6) is 1.85. The lowest BCUT2D eigenvalue weighted by Crippen LogP contribution is -1.97. The molecule has 1 atom stereocenters. The third-order valence-electron chi connectivity index (χ3n) is 2.70. The van der Waals surface area contributed by atoms with E-state index in [1.165, 1.54) is 0 Å². The topological polar surface area (TPSA) is 62.5 Å². The number of benzene rings is 2. The van der Waals surface area contributed by atoms with Crippen molar-refractivity contribution in [1.29, 1.82) is 5.26 Å². The summed E-state index contributed by atoms with van der Waals surface area (Å²) in [6.45, 7) is 2.53. The number of aliphatic hydroxyl groups excluding tert-OH is 1. The van der Waals surface area contributed by atoms with Gasteiger partial charge in [-0.05, 0) is 37.3 Å². The minimum absolute atomic E-state index is 0.448. The second-order valence-corrected chi connectivity index (χ2v) is 4.08. The molecule has 2 rings (SSSR count). The van der Waals surface area contributed by atoms with Gasteiger partial charge in [0.2, 0.25) is 0 Å². The van der Waals surface area contributed by atoms with E-state index in [0.29, 0.717) is 23.7 Å². The van der Waals surface area contributed by atoms with Gasteiger partial charge in [-0.15, -0.1) is 0 Å². The number of rotatable bonds is 5. The maximum atomic E-state index is 9.64. The molecule has 20 heavy (non-hydrogen) atoms. The first-order valence-corrected chi connectivity index (χ1v) is 6.32. The molecule has 2 aromatic rings. The van der Waals surface area contributed by atoms with E-state index >= 15 is 0 Å². The molecule has 0 amide bonds. The zero-order chi connectivity index (χ0) is 14.4. The minimum Gasteiger partial charge on any atom is -0.494 e. The average molecular weight is 269 g/mol. The van der Waals surface area contributed by atoms with E-state index in [1.54, 1.807) is 42.5 Å². The van der Waals surface area contributed by atoms with Gasteiger partial charge in [0.15, 0.2) is 6.10 Å². The van der Waals surface area contributed by atoms with Crippen LogP contribution in [0.5, 0.6) is 17.2 Å². The van der Waals surface area contributed by atoms with Crippen LogP contribution in [0, 0.1) is 11.3 Å². The fraction of sp³-hybridized carbons (Fsp3) is 0.188. The fourth-order valence-corrected chi connectivity index (χ4v) is 1.77. The van der Waals surface area contributed by atoms with Crippen molar-refractivity contribution in [3.63, 3.8) is 0 Å². The van der Waals surface area contributed by atoms with Crippen molar-refractivity contribution in [3.8, 4) is 23.3 Å². The SMILES string of the molecule is CCOc1ccc(Oc2ccccc2C(O)C#N)cc1. The van der Waals surface area contributed by atoms with Crippen LogP contribution in [-0.2, 0) is 0 Å². The Morgan fingerprint density at radius 2 is 1.75 bits per heavy atom. The van der Waals surface area contributed by atoms with Gasteiger partial charge in [-0.25, -0.2) is 0 Å². The number of aliphatic hydroxyl groups is 1. The molecule has 0 fully saturated rings. The standard InChI is InChI=1S/C16H15NO3/c1-2-19-12-7-9-13(10-8-12)20-16-6-4-3-5-14(16)15(18)11-17/h3-10,15,18H,2H2,1H3. The number of ether oxygens (including phenoxy) is 2. The number of nitrogens with zero attached hydrogens (tertiary/aromatic N) is 1. The molecular formula is C16H15NO3. The molecule has 4 nitrogen and oxygen atoms in total. The molecule has 0 saturated carbocycles. The molecule has 4 heteroatoms. The van der Waals surface area contributed by atoms with Crippen LogP contribution in [0.4, 0.5) is 0 Å². The average Bonchev–Trinajstić information content (AvgIpc) is 2.49. The van der Waals surface area contributed by atoms with Gasteiger partial charge in [0.05, 0.1) is 12.7 Å². The van der Waals surface area contributed by atoms with Crippen molar-refractivity contribution in [2.45, 2.75) is 13.0 Å². The first kappa shape index (κ1) is 13.9. The number of hydrogen-bond acceptors (Lipinski definition) is 4. The summed E-state index contributed by atoms with van der Waals surface area (Å²) in [7, 11) is 0. The second kappa shape index (κ2) is 6.60. The smallest absolute Gasteiger partial charge is 0.169 e. The van der Waals surface area contributed by atoms with Gasteiger partial charge < -0.3 is 14.6 Å². The van der Waals surface area contributed by atoms with Crippen molar-refractivity contribution >= 4 is 0 Å². The van der Waals surface area contributed by atoms with Crippen molar-refractivity contribution in [2.24, 2.45) is 0 Å². The highest BCUT2D eigenvalue weighted by molar-refractivity contribution is 5.41. The Balaban J connectivity index is 2.20. The second-order valence-electron chi connectivity index (χ2n) is 4.08. The number of hydrogen-bond donors (Lipinski definition) is 1. The predicted octanol–water partition coefficient (Wildman–Crippen LogP) is 3.43. The van der Waals surface area contributed by atoms with Crippen LogP contribution in [0.3, 0.4) is 0 Å². The Kier molecular flexibility index (Phi) is 4.59. The first-order chi connectivity index (χ1) is 9.74. The molecule has 0 aliphatic rings. The van der Waals surface area contributed by atoms with Gasteiger partial charge >= 0.3 is 0 Å². The maximum absolute atomic E-state index is 9.64. The Hall–Kier alpha value is -2.51. The molecule has 102 valence electrons. The summed E-state index contributed by atoms with van der Waals surface area (Å²) in [6.07, 6.45) is -1.20. The zero-order valence-corrected chi connectivity index (χ0v) is 11.1. The molecule has 0 bridgehead atoms. The van der Waals surface area contributed by atoms with Gasteiger partial charge in [0.25, 0.3) is 0 Å². The molecule has 0 spiro atoms. The third kappa shape index (κ3) is 3.28. The van der Waals surface area contributed by atoms with Crippen molar-refractivity contribution in [1.82, 2.24) is 0 Å². The van der Waals surface area contributed by atoms with Crippen LogP contribution in [0.1, 0.15) is 18.6 Å². The molecule has 1 N–H and O–H groups in total. The first-order valence-electron chi connectivity index (χ1n) is 6.32. The quantitative estimate of drug-likeness (QED) is 0.845. The van der Waals surface area contributed by atoms with Crippen LogP contribution in [0.15, 0.2) is 48.5 Å². The van der Waals surface area contributed by atoms with E-state index in [-0.39, 0.29) is 0 Å². The predicted molar refractivity (Wildman–Crippen MR) is 74.7 cm³/mol. The lowest BCUT2D eigenvalue weighted by atomic mass is 10.1. The Morgan fingerprint density at radius 1 is 1.10 bits per heavy atom. The van der Waals surface area contributed by atoms with Crippen LogP contribution in [0.25, 0.3) is 0 Å². The van der Waals surface area contributed by atoms with Crippen LogP contribution >= 0.6 is 0 Å². The van der Waals surface area contributed by atoms with Crippen molar-refractivity contribution < 1.29 is 14.6 Å². The molecular weight excluding hydrogens is 254 g/mol. The molecule has 0 heterocycles. The molecule has 0 radical (unpaired) electrons. The fourth-order valence-electron chi connectivity index (χ4n) is 1.77. The minimum atomic E-state index is -1.20. The van der Waals surface area contributed by atoms with Crippen molar-refractivity contribution in [3.05, 3.63) is 54.1 Å². The van der Waals surface area contributed by atoms with Gasteiger partial charge in [-0.3, -0.25) is 0 Å². The van der Waals surface area contributed by atoms with E-state index in [9.17, 15) is 5.11 Å². The van der Waals surface area contributed by atoms with Gasteiger partial charge in [-0.2, -0.15) is 5.26 Å². The van der Waals surface area contributed by atoms with Crippen molar-refractivity contribution in [2.75, 3.05) is 6.61 Å². The number of nitriles is 1. The van der Waals surface area contributed by atoms with Gasteiger partial charge in [0.1, 0.15) is 17.2 Å². The molecule has 0 aliphatic heterocycles. The summed E-state index contributed by atoms with van der Waals surface area (Å²) in [4.78, 5) is 0. The number of para-hydroxylation sites is 1. The summed E-state index contributed by atoms with van der Waals surface area (Å²) in [5, 5.41) is 18.4. The van der Waals surface area contributed by atoms with Crippen LogP contribution < -0.4 is 9.47 Å². The van der Waals surface area contributed by atoms with E-state index in [4.69, 9.17) is 14.7 Å². The molecule has 2 aromatic carbocycles. The van der Waals surface area contributed by atoms with E-state index in [0.717, 1.165) is 5.75 Å². The maximum Gasteiger partial charge on any atom is 0.169 e. The summed E-state index contributed by atoms with van der Waals surface area (Å²) in [5.41, 5.74) is 0.448. The van der Waals surface area contributed by atoms with Crippen LogP contribution in [0.2, 0.25) is 0 Å².